The molecule has 0 N–H and O–H groups in total. The summed E-state index contributed by atoms with van der Waals surface area (Å²) < 4.78 is 26.3. The van der Waals surface area contributed by atoms with E-state index in [0.29, 0.717) is 24.5 Å². The van der Waals surface area contributed by atoms with Crippen LogP contribution in [-0.2, 0) is 49.5 Å². The van der Waals surface area contributed by atoms with E-state index in [1.54, 1.807) is 46.4 Å². The first-order chi connectivity index (χ1) is 21.6. The minimum absolute atomic E-state index is 0.0382. The third-order valence-electron chi connectivity index (χ3n) is 7.36. The first-order valence-electron chi connectivity index (χ1n) is 15.4. The molecule has 1 fully saturated rings. The molecule has 46 heavy (non-hydrogen) atoms. The van der Waals surface area contributed by atoms with Crippen molar-refractivity contribution in [1.29, 1.82) is 0 Å². The van der Waals surface area contributed by atoms with Crippen LogP contribution in [0.15, 0.2) is 54.6 Å². The van der Waals surface area contributed by atoms with E-state index in [0.717, 1.165) is 5.56 Å². The highest BCUT2D eigenvalue weighted by molar-refractivity contribution is 5.92. The molecule has 3 rings (SSSR count). The molecule has 1 amide bonds. The fourth-order valence-corrected chi connectivity index (χ4v) is 4.68. The van der Waals surface area contributed by atoms with E-state index in [2.05, 4.69) is 0 Å². The number of carbonyl (C=O) groups excluding carboxylic acids is 5. The lowest BCUT2D eigenvalue weighted by atomic mass is 9.64. The average Bonchev–Trinajstić information content (AvgIpc) is 2.96. The minimum Gasteiger partial charge on any atom is -0.457 e. The van der Waals surface area contributed by atoms with Crippen molar-refractivity contribution < 1.29 is 47.7 Å². The Morgan fingerprint density at radius 3 is 1.74 bits per heavy atom. The van der Waals surface area contributed by atoms with Crippen molar-refractivity contribution in [1.82, 2.24) is 4.90 Å². The van der Waals surface area contributed by atoms with Gasteiger partial charge in [-0.3, -0.25) is 24.0 Å². The van der Waals surface area contributed by atoms with Crippen LogP contribution in [0, 0.1) is 28.6 Å². The molecule has 2 aromatic rings. The number of para-hydroxylation sites is 1. The van der Waals surface area contributed by atoms with Crippen LogP contribution >= 0.6 is 0 Å². The third kappa shape index (κ3) is 10.1. The average molecular weight is 640 g/mol. The highest BCUT2D eigenvalue weighted by Gasteiger charge is 2.55. The Bertz CT molecular complexity index is 1360. The van der Waals surface area contributed by atoms with Crippen molar-refractivity contribution in [3.63, 3.8) is 0 Å². The molecule has 11 heteroatoms. The van der Waals surface area contributed by atoms with Gasteiger partial charge in [-0.15, -0.1) is 0 Å². The summed E-state index contributed by atoms with van der Waals surface area (Å²) >= 11 is 0. The number of hydrogen-bond acceptors (Lipinski definition) is 10. The fourth-order valence-electron chi connectivity index (χ4n) is 4.68. The molecule has 0 heterocycles. The van der Waals surface area contributed by atoms with Gasteiger partial charge in [0, 0.05) is 13.1 Å². The number of hydrogen-bond donors (Lipinski definition) is 0. The first-order valence-corrected chi connectivity index (χ1v) is 15.4. The minimum atomic E-state index is -1.17. The SMILES string of the molecule is CCCN(Cc1ccc(Oc2ccccc2)cc1)C(=O)C1CC(C(=O)OCOC(=O)C(C)(C)C)C1C(=O)OCOC(=O)C(C)(C)C. The van der Waals surface area contributed by atoms with Crippen LogP contribution < -0.4 is 4.74 Å². The molecule has 2 aromatic carbocycles. The second-order valence-corrected chi connectivity index (χ2v) is 13.3. The molecule has 0 aromatic heterocycles. The van der Waals surface area contributed by atoms with Gasteiger partial charge in [0.25, 0.3) is 0 Å². The maximum atomic E-state index is 13.8. The summed E-state index contributed by atoms with van der Waals surface area (Å²) in [7, 11) is 0. The second-order valence-electron chi connectivity index (χ2n) is 13.3. The lowest BCUT2D eigenvalue weighted by Gasteiger charge is -2.42. The van der Waals surface area contributed by atoms with Crippen molar-refractivity contribution in [3.8, 4) is 11.5 Å². The summed E-state index contributed by atoms with van der Waals surface area (Å²) in [5.41, 5.74) is -0.758. The van der Waals surface area contributed by atoms with Gasteiger partial charge in [-0.2, -0.15) is 0 Å². The Hall–Kier alpha value is -4.41. The molecule has 0 saturated heterocycles. The van der Waals surface area contributed by atoms with E-state index in [1.165, 1.54) is 0 Å². The largest absolute Gasteiger partial charge is 0.457 e. The Morgan fingerprint density at radius 2 is 1.22 bits per heavy atom. The zero-order chi connectivity index (χ0) is 34.1. The summed E-state index contributed by atoms with van der Waals surface area (Å²) in [5, 5.41) is 0. The quantitative estimate of drug-likeness (QED) is 0.200. The molecule has 250 valence electrons. The van der Waals surface area contributed by atoms with Crippen LogP contribution in [-0.4, -0.2) is 54.8 Å². The van der Waals surface area contributed by atoms with Gasteiger partial charge in [-0.1, -0.05) is 37.3 Å². The zero-order valence-electron chi connectivity index (χ0n) is 27.7. The Morgan fingerprint density at radius 1 is 0.696 bits per heavy atom. The summed E-state index contributed by atoms with van der Waals surface area (Å²) in [5.74, 6) is -4.81. The molecular weight excluding hydrogens is 594 g/mol. The first kappa shape index (κ1) is 36.1. The molecule has 0 radical (unpaired) electrons. The zero-order valence-corrected chi connectivity index (χ0v) is 27.7. The van der Waals surface area contributed by atoms with Gasteiger partial charge in [0.15, 0.2) is 0 Å². The number of nitrogens with zero attached hydrogens (tertiary/aromatic N) is 1. The van der Waals surface area contributed by atoms with Gasteiger partial charge in [0.2, 0.25) is 19.5 Å². The van der Waals surface area contributed by atoms with Gasteiger partial charge in [-0.25, -0.2) is 0 Å². The standard InChI is InChI=1S/C35H45NO10/c1-8-18-36(20-23-14-16-25(17-15-23)46-24-12-10-9-11-13-24)29(37)26-19-27(30(38)42-21-44-32(40)34(2,3)4)28(26)31(39)43-22-45-33(41)35(5,6)7/h9-17,26-28H,8,18-22H2,1-7H3. The molecule has 0 bridgehead atoms. The van der Waals surface area contributed by atoms with Gasteiger partial charge >= 0.3 is 23.9 Å². The van der Waals surface area contributed by atoms with E-state index in [1.807, 2.05) is 61.5 Å². The molecule has 0 aliphatic heterocycles. The Labute approximate surface area is 270 Å². The maximum absolute atomic E-state index is 13.8. The maximum Gasteiger partial charge on any atom is 0.314 e. The van der Waals surface area contributed by atoms with Gasteiger partial charge < -0.3 is 28.6 Å². The molecule has 3 atom stereocenters. The molecule has 1 aliphatic rings. The van der Waals surface area contributed by atoms with E-state index < -0.39 is 66.0 Å². The van der Waals surface area contributed by atoms with Crippen molar-refractivity contribution in [3.05, 3.63) is 60.2 Å². The lowest BCUT2D eigenvalue weighted by molar-refractivity contribution is -0.194. The smallest absolute Gasteiger partial charge is 0.314 e. The number of rotatable bonds is 13. The lowest BCUT2D eigenvalue weighted by Crippen LogP contribution is -2.54. The van der Waals surface area contributed by atoms with Crippen LogP contribution in [0.3, 0.4) is 0 Å². The van der Waals surface area contributed by atoms with E-state index in [9.17, 15) is 24.0 Å². The van der Waals surface area contributed by atoms with Crippen LogP contribution in [0.25, 0.3) is 0 Å². The predicted molar refractivity (Wildman–Crippen MR) is 167 cm³/mol. The second kappa shape index (κ2) is 15.7. The van der Waals surface area contributed by atoms with E-state index in [4.69, 9.17) is 23.7 Å². The number of amides is 1. The van der Waals surface area contributed by atoms with Crippen LogP contribution in [0.2, 0.25) is 0 Å². The van der Waals surface area contributed by atoms with Crippen molar-refractivity contribution >= 4 is 29.8 Å². The highest BCUT2D eigenvalue weighted by Crippen LogP contribution is 2.43. The molecule has 1 saturated carbocycles. The predicted octanol–water partition coefficient (Wildman–Crippen LogP) is 5.65. The number of esters is 4. The number of benzene rings is 2. The molecule has 0 spiro atoms. The molecule has 3 unspecified atom stereocenters. The van der Waals surface area contributed by atoms with Crippen molar-refractivity contribution in [2.45, 2.75) is 67.9 Å². The van der Waals surface area contributed by atoms with Gasteiger partial charge in [0.1, 0.15) is 11.5 Å². The molecular formula is C35H45NO10. The monoisotopic (exact) mass is 639 g/mol. The third-order valence-corrected chi connectivity index (χ3v) is 7.36. The van der Waals surface area contributed by atoms with Crippen molar-refractivity contribution in [2.75, 3.05) is 20.1 Å². The van der Waals surface area contributed by atoms with Crippen molar-refractivity contribution in [2.24, 2.45) is 28.6 Å². The van der Waals surface area contributed by atoms with Crippen LogP contribution in [0.4, 0.5) is 0 Å². The number of ether oxygens (including phenoxy) is 5. The Balaban J connectivity index is 1.70. The molecule has 11 nitrogen and oxygen atoms in total. The fraction of sp³-hybridized carbons (Fsp3) is 0.514. The highest BCUT2D eigenvalue weighted by atomic mass is 16.7. The van der Waals surface area contributed by atoms with E-state index in [-0.39, 0.29) is 18.9 Å². The van der Waals surface area contributed by atoms with Crippen LogP contribution in [0.5, 0.6) is 11.5 Å². The summed E-state index contributed by atoms with van der Waals surface area (Å²) in [4.78, 5) is 65.9. The normalized spacial score (nSPS) is 17.6. The van der Waals surface area contributed by atoms with Gasteiger partial charge in [0.05, 0.1) is 28.6 Å². The number of carbonyl (C=O) groups is 5. The van der Waals surface area contributed by atoms with Crippen LogP contribution in [0.1, 0.15) is 66.9 Å². The summed E-state index contributed by atoms with van der Waals surface area (Å²) in [6.45, 7) is 11.3. The molecule has 1 aliphatic carbocycles. The topological polar surface area (TPSA) is 135 Å². The summed E-state index contributed by atoms with van der Waals surface area (Å²) in [6.07, 6.45) is 0.701. The van der Waals surface area contributed by atoms with Gasteiger partial charge in [-0.05, 0) is 84.2 Å². The summed E-state index contributed by atoms with van der Waals surface area (Å²) in [6, 6.07) is 16.7. The van der Waals surface area contributed by atoms with E-state index >= 15 is 0 Å². The Kier molecular flexibility index (Phi) is 12.3.